The number of esters is 1. The molecule has 2 aliphatic heterocycles. The van der Waals surface area contributed by atoms with Gasteiger partial charge in [-0.05, 0) is 42.0 Å². The predicted molar refractivity (Wildman–Crippen MR) is 114 cm³/mol. The van der Waals surface area contributed by atoms with Crippen molar-refractivity contribution in [2.24, 2.45) is 5.73 Å². The van der Waals surface area contributed by atoms with E-state index in [0.29, 0.717) is 39.3 Å². The molecule has 0 aromatic heterocycles. The molecule has 0 aliphatic carbocycles. The van der Waals surface area contributed by atoms with Crippen LogP contribution in [0.15, 0.2) is 54.6 Å². The molecule has 7 nitrogen and oxygen atoms in total. The molecule has 0 saturated heterocycles. The number of primary amides is 1. The topological polar surface area (TPSA) is 119 Å². The predicted octanol–water partition coefficient (Wildman–Crippen LogP) is 3.63. The third-order valence-electron chi connectivity index (χ3n) is 5.34. The Kier molecular flexibility index (Phi) is 3.97. The van der Waals surface area contributed by atoms with Crippen LogP contribution in [0.1, 0.15) is 36.5 Å². The Bertz CT molecular complexity index is 1200. The number of halogens is 1. The Morgan fingerprint density at radius 3 is 2.10 bits per heavy atom. The summed E-state index contributed by atoms with van der Waals surface area (Å²) in [6, 6.07) is 14.1. The normalized spacial score (nSPS) is 16.1. The molecule has 2 heterocycles. The molecule has 0 bridgehead atoms. The number of carbonyl (C=O) groups is 2. The van der Waals surface area contributed by atoms with Gasteiger partial charge in [0.1, 0.15) is 26.9 Å². The van der Waals surface area contributed by atoms with Gasteiger partial charge in [-0.3, -0.25) is 4.79 Å². The Labute approximate surface area is 184 Å². The standard InChI is InChI=1S/C22H14INO6/c23-19(20(24)27)10-1-4-13-16(7-10)22(30-21(13)28)14-5-2-11(25)8-17(14)29-18-9-12(26)3-6-15(18)22/h1-9,19,25-26H,(H2,24,27). The summed E-state index contributed by atoms with van der Waals surface area (Å²) in [5, 5.41) is 19.9. The van der Waals surface area contributed by atoms with E-state index in [9.17, 15) is 19.8 Å². The van der Waals surface area contributed by atoms with Crippen molar-refractivity contribution >= 4 is 34.5 Å². The maximum atomic E-state index is 12.9. The molecule has 1 amide bonds. The first-order chi connectivity index (χ1) is 14.3. The molecule has 3 aromatic rings. The van der Waals surface area contributed by atoms with Crippen molar-refractivity contribution in [3.63, 3.8) is 0 Å². The highest BCUT2D eigenvalue weighted by Crippen LogP contribution is 2.57. The van der Waals surface area contributed by atoms with Crippen molar-refractivity contribution < 1.29 is 29.3 Å². The Morgan fingerprint density at radius 2 is 1.53 bits per heavy atom. The van der Waals surface area contributed by atoms with Gasteiger partial charge in [0, 0.05) is 28.8 Å². The number of nitrogens with two attached hydrogens (primary N) is 1. The molecule has 1 unspecified atom stereocenters. The summed E-state index contributed by atoms with van der Waals surface area (Å²) < 4.78 is 11.3. The third-order valence-corrected chi connectivity index (χ3v) is 6.67. The number of benzene rings is 3. The highest BCUT2D eigenvalue weighted by atomic mass is 127. The number of phenolic OH excluding ortho intramolecular Hbond substituents is 2. The fourth-order valence-corrected chi connectivity index (χ4v) is 4.43. The Hall–Kier alpha value is -3.27. The maximum Gasteiger partial charge on any atom is 0.340 e. The average molecular weight is 515 g/mol. The first kappa shape index (κ1) is 18.7. The Morgan fingerprint density at radius 1 is 0.933 bits per heavy atom. The number of amides is 1. The molecule has 8 heteroatoms. The SMILES string of the molecule is NC(=O)C(I)c1ccc2c(c1)C1(OC2=O)c2ccc(O)cc2Oc2cc(O)ccc21. The van der Waals surface area contributed by atoms with Gasteiger partial charge in [-0.15, -0.1) is 0 Å². The van der Waals surface area contributed by atoms with Crippen molar-refractivity contribution in [1.82, 2.24) is 0 Å². The number of hydrogen-bond donors (Lipinski definition) is 3. The van der Waals surface area contributed by atoms with Gasteiger partial charge in [0.25, 0.3) is 0 Å². The van der Waals surface area contributed by atoms with Crippen molar-refractivity contribution in [3.05, 3.63) is 82.4 Å². The second-order valence-electron chi connectivity index (χ2n) is 7.10. The second-order valence-corrected chi connectivity index (χ2v) is 8.35. The first-order valence-corrected chi connectivity index (χ1v) is 10.2. The molecule has 0 saturated carbocycles. The Balaban J connectivity index is 1.85. The first-order valence-electron chi connectivity index (χ1n) is 8.97. The van der Waals surface area contributed by atoms with E-state index < -0.39 is 21.4 Å². The number of alkyl halides is 1. The highest BCUT2D eigenvalue weighted by Gasteiger charge is 2.53. The number of carbonyl (C=O) groups excluding carboxylic acids is 2. The van der Waals surface area contributed by atoms with Gasteiger partial charge in [-0.1, -0.05) is 28.7 Å². The van der Waals surface area contributed by atoms with E-state index >= 15 is 0 Å². The number of ether oxygens (including phenoxy) is 2. The van der Waals surface area contributed by atoms with Crippen LogP contribution in [0.25, 0.3) is 0 Å². The van der Waals surface area contributed by atoms with Crippen LogP contribution in [0, 0.1) is 0 Å². The minimum absolute atomic E-state index is 0.0214. The highest BCUT2D eigenvalue weighted by molar-refractivity contribution is 14.1. The smallest absolute Gasteiger partial charge is 0.340 e. The van der Waals surface area contributed by atoms with Crippen molar-refractivity contribution in [1.29, 1.82) is 0 Å². The molecule has 30 heavy (non-hydrogen) atoms. The second kappa shape index (κ2) is 6.36. The zero-order valence-electron chi connectivity index (χ0n) is 15.3. The fraction of sp³-hybridized carbons (Fsp3) is 0.0909. The molecule has 5 rings (SSSR count). The van der Waals surface area contributed by atoms with E-state index in [-0.39, 0.29) is 11.5 Å². The van der Waals surface area contributed by atoms with Crippen molar-refractivity contribution in [2.45, 2.75) is 9.53 Å². The summed E-state index contributed by atoms with van der Waals surface area (Å²) in [7, 11) is 0. The maximum absolute atomic E-state index is 12.9. The zero-order valence-corrected chi connectivity index (χ0v) is 17.4. The van der Waals surface area contributed by atoms with Gasteiger partial charge in [0.15, 0.2) is 5.60 Å². The minimum Gasteiger partial charge on any atom is -0.508 e. The lowest BCUT2D eigenvalue weighted by molar-refractivity contribution is -0.117. The number of phenols is 2. The molecule has 1 spiro atoms. The summed E-state index contributed by atoms with van der Waals surface area (Å²) in [5.74, 6) is -0.489. The largest absolute Gasteiger partial charge is 0.508 e. The lowest BCUT2D eigenvalue weighted by Crippen LogP contribution is -2.33. The van der Waals surface area contributed by atoms with Crippen molar-refractivity contribution in [2.75, 3.05) is 0 Å². The lowest BCUT2D eigenvalue weighted by Gasteiger charge is -2.36. The van der Waals surface area contributed by atoms with E-state index in [1.165, 1.54) is 24.3 Å². The molecule has 0 radical (unpaired) electrons. The van der Waals surface area contributed by atoms with Crippen LogP contribution in [0.4, 0.5) is 0 Å². The number of fused-ring (bicyclic) bond motifs is 6. The quantitative estimate of drug-likeness (QED) is 0.273. The number of hydrogen-bond acceptors (Lipinski definition) is 6. The van der Waals surface area contributed by atoms with Crippen LogP contribution >= 0.6 is 22.6 Å². The summed E-state index contributed by atoms with van der Waals surface area (Å²) in [6.45, 7) is 0. The number of rotatable bonds is 2. The van der Waals surface area contributed by atoms with Gasteiger partial charge in [-0.25, -0.2) is 4.79 Å². The molecule has 3 aromatic carbocycles. The van der Waals surface area contributed by atoms with E-state index in [2.05, 4.69) is 0 Å². The van der Waals surface area contributed by atoms with Crippen LogP contribution in [0.5, 0.6) is 23.0 Å². The van der Waals surface area contributed by atoms with Crippen molar-refractivity contribution in [3.8, 4) is 23.0 Å². The molecule has 1 atom stereocenters. The average Bonchev–Trinajstić information content (AvgIpc) is 2.99. The lowest BCUT2D eigenvalue weighted by atomic mass is 9.77. The van der Waals surface area contributed by atoms with Crippen LogP contribution in [-0.2, 0) is 15.1 Å². The molecular formula is C22H14INO6. The fourth-order valence-electron chi connectivity index (χ4n) is 4.04. The summed E-state index contributed by atoms with van der Waals surface area (Å²) in [4.78, 5) is 24.6. The third kappa shape index (κ3) is 2.49. The van der Waals surface area contributed by atoms with E-state index in [1.807, 2.05) is 22.6 Å². The van der Waals surface area contributed by atoms with Gasteiger partial charge >= 0.3 is 5.97 Å². The van der Waals surface area contributed by atoms with E-state index in [1.54, 1.807) is 30.3 Å². The molecule has 0 fully saturated rings. The molecular weight excluding hydrogens is 501 g/mol. The minimum atomic E-state index is -1.36. The summed E-state index contributed by atoms with van der Waals surface area (Å²) in [6.07, 6.45) is 0. The van der Waals surface area contributed by atoms with Gasteiger partial charge < -0.3 is 25.4 Å². The van der Waals surface area contributed by atoms with Crippen LogP contribution in [0.3, 0.4) is 0 Å². The van der Waals surface area contributed by atoms with E-state index in [4.69, 9.17) is 15.2 Å². The zero-order chi connectivity index (χ0) is 21.2. The molecule has 150 valence electrons. The van der Waals surface area contributed by atoms with Crippen LogP contribution in [0.2, 0.25) is 0 Å². The molecule has 4 N–H and O–H groups in total. The summed E-state index contributed by atoms with van der Waals surface area (Å²) >= 11 is 1.94. The monoisotopic (exact) mass is 515 g/mol. The number of aromatic hydroxyl groups is 2. The van der Waals surface area contributed by atoms with Gasteiger partial charge in [0.05, 0.1) is 5.56 Å². The summed E-state index contributed by atoms with van der Waals surface area (Å²) in [5.41, 5.74) is 6.68. The van der Waals surface area contributed by atoms with Crippen LogP contribution in [-0.4, -0.2) is 22.1 Å². The molecule has 2 aliphatic rings. The van der Waals surface area contributed by atoms with Crippen LogP contribution < -0.4 is 10.5 Å². The van der Waals surface area contributed by atoms with Gasteiger partial charge in [0.2, 0.25) is 5.91 Å². The van der Waals surface area contributed by atoms with E-state index in [0.717, 1.165) is 0 Å². The van der Waals surface area contributed by atoms with Gasteiger partial charge in [-0.2, -0.15) is 0 Å².